The van der Waals surface area contributed by atoms with E-state index in [9.17, 15) is 9.59 Å². The quantitative estimate of drug-likeness (QED) is 0.729. The number of amides is 1. The van der Waals surface area contributed by atoms with E-state index in [-0.39, 0.29) is 5.71 Å². The highest BCUT2D eigenvalue weighted by atomic mass is 16.4. The van der Waals surface area contributed by atoms with Gasteiger partial charge in [-0.25, -0.2) is 10.2 Å². The van der Waals surface area contributed by atoms with E-state index in [1.54, 1.807) is 30.3 Å². The monoisotopic (exact) mass is 204 g/mol. The molecule has 1 aliphatic rings. The van der Waals surface area contributed by atoms with Gasteiger partial charge in [0.25, 0.3) is 5.91 Å². The number of benzene rings is 1. The lowest BCUT2D eigenvalue weighted by Crippen LogP contribution is -2.25. The van der Waals surface area contributed by atoms with Gasteiger partial charge in [0.2, 0.25) is 0 Å². The van der Waals surface area contributed by atoms with Crippen LogP contribution in [-0.4, -0.2) is 22.7 Å². The average molecular weight is 204 g/mol. The van der Waals surface area contributed by atoms with Crippen LogP contribution in [0.25, 0.3) is 0 Å². The SMILES string of the molecule is O=C(O)C1=NNC(=O)C1c1ccccc1. The van der Waals surface area contributed by atoms with E-state index >= 15 is 0 Å². The van der Waals surface area contributed by atoms with Crippen LogP contribution in [0.2, 0.25) is 0 Å². The minimum atomic E-state index is -1.18. The Balaban J connectivity index is 2.40. The lowest BCUT2D eigenvalue weighted by atomic mass is 9.94. The van der Waals surface area contributed by atoms with Crippen LogP contribution in [0.3, 0.4) is 0 Å². The van der Waals surface area contributed by atoms with Crippen molar-refractivity contribution in [2.24, 2.45) is 5.10 Å². The summed E-state index contributed by atoms with van der Waals surface area (Å²) in [5.41, 5.74) is 2.64. The van der Waals surface area contributed by atoms with Crippen molar-refractivity contribution in [1.29, 1.82) is 0 Å². The van der Waals surface area contributed by atoms with Gasteiger partial charge in [-0.15, -0.1) is 0 Å². The molecule has 0 saturated carbocycles. The Morgan fingerprint density at radius 2 is 2.00 bits per heavy atom. The van der Waals surface area contributed by atoms with Crippen molar-refractivity contribution in [3.63, 3.8) is 0 Å². The molecule has 0 aromatic heterocycles. The largest absolute Gasteiger partial charge is 0.477 e. The summed E-state index contributed by atoms with van der Waals surface area (Å²) in [5, 5.41) is 12.3. The van der Waals surface area contributed by atoms with Crippen molar-refractivity contribution >= 4 is 17.6 Å². The second-order valence-electron chi connectivity index (χ2n) is 3.12. The highest BCUT2D eigenvalue weighted by Gasteiger charge is 2.35. The predicted octanol–water partition coefficient (Wildman–Crippen LogP) is 0.341. The molecule has 5 nitrogen and oxygen atoms in total. The normalized spacial score (nSPS) is 19.6. The van der Waals surface area contributed by atoms with Gasteiger partial charge < -0.3 is 5.11 Å². The van der Waals surface area contributed by atoms with Crippen molar-refractivity contribution in [2.45, 2.75) is 5.92 Å². The molecular formula is C10H8N2O3. The third-order valence-corrected chi connectivity index (χ3v) is 2.17. The van der Waals surface area contributed by atoms with Crippen molar-refractivity contribution in [2.75, 3.05) is 0 Å². The number of carbonyl (C=O) groups excluding carboxylic acids is 1. The third kappa shape index (κ3) is 1.59. The van der Waals surface area contributed by atoms with Gasteiger partial charge in [-0.2, -0.15) is 5.10 Å². The minimum Gasteiger partial charge on any atom is -0.477 e. The molecule has 1 unspecified atom stereocenters. The summed E-state index contributed by atoms with van der Waals surface area (Å²) < 4.78 is 0. The summed E-state index contributed by atoms with van der Waals surface area (Å²) in [7, 11) is 0. The Morgan fingerprint density at radius 1 is 1.33 bits per heavy atom. The first kappa shape index (κ1) is 9.39. The van der Waals surface area contributed by atoms with Crippen LogP contribution < -0.4 is 5.43 Å². The zero-order valence-electron chi connectivity index (χ0n) is 7.68. The first-order valence-electron chi connectivity index (χ1n) is 4.36. The molecule has 1 atom stereocenters. The fraction of sp³-hybridized carbons (Fsp3) is 0.100. The van der Waals surface area contributed by atoms with Crippen molar-refractivity contribution < 1.29 is 14.7 Å². The summed E-state index contributed by atoms with van der Waals surface area (Å²) in [6.45, 7) is 0. The van der Waals surface area contributed by atoms with Crippen LogP contribution >= 0.6 is 0 Å². The zero-order chi connectivity index (χ0) is 10.8. The molecule has 5 heteroatoms. The molecule has 15 heavy (non-hydrogen) atoms. The van der Waals surface area contributed by atoms with Crippen molar-refractivity contribution in [1.82, 2.24) is 5.43 Å². The van der Waals surface area contributed by atoms with Crippen LogP contribution in [0, 0.1) is 0 Å². The Morgan fingerprint density at radius 3 is 2.60 bits per heavy atom. The van der Waals surface area contributed by atoms with Gasteiger partial charge in [-0.3, -0.25) is 4.79 Å². The number of hydrazone groups is 1. The molecule has 0 bridgehead atoms. The number of carboxylic acids is 1. The molecule has 1 heterocycles. The molecule has 0 aliphatic carbocycles. The molecule has 2 N–H and O–H groups in total. The molecule has 0 radical (unpaired) electrons. The van der Waals surface area contributed by atoms with E-state index < -0.39 is 17.8 Å². The lowest BCUT2D eigenvalue weighted by Gasteiger charge is -2.06. The Labute approximate surface area is 85.4 Å². The third-order valence-electron chi connectivity index (χ3n) is 2.17. The lowest BCUT2D eigenvalue weighted by molar-refractivity contribution is -0.130. The molecule has 2 rings (SSSR count). The number of hydrogen-bond acceptors (Lipinski definition) is 3. The first-order chi connectivity index (χ1) is 7.20. The minimum absolute atomic E-state index is 0.161. The summed E-state index contributed by atoms with van der Waals surface area (Å²) in [6.07, 6.45) is 0. The fourth-order valence-electron chi connectivity index (χ4n) is 1.49. The van der Waals surface area contributed by atoms with E-state index in [2.05, 4.69) is 10.5 Å². The molecule has 0 spiro atoms. The van der Waals surface area contributed by atoms with E-state index in [1.807, 2.05) is 0 Å². The van der Waals surface area contributed by atoms with E-state index in [1.165, 1.54) is 0 Å². The summed E-state index contributed by atoms with van der Waals surface area (Å²) in [6, 6.07) is 8.71. The number of aliphatic carboxylic acids is 1. The maximum atomic E-state index is 11.4. The standard InChI is InChI=1S/C10H8N2O3/c13-9-7(6-4-2-1-3-5-6)8(10(14)15)11-12-9/h1-5,7H,(H,12,13)(H,14,15). The smallest absolute Gasteiger partial charge is 0.353 e. The summed E-state index contributed by atoms with van der Waals surface area (Å²) in [4.78, 5) is 22.2. The number of hydrogen-bond donors (Lipinski definition) is 2. The first-order valence-corrected chi connectivity index (χ1v) is 4.36. The highest BCUT2D eigenvalue weighted by Crippen LogP contribution is 2.21. The number of carbonyl (C=O) groups is 2. The van der Waals surface area contributed by atoms with Crippen molar-refractivity contribution in [3.8, 4) is 0 Å². The van der Waals surface area contributed by atoms with E-state index in [0.29, 0.717) is 5.56 Å². The molecule has 1 aliphatic heterocycles. The van der Waals surface area contributed by atoms with Gasteiger partial charge in [-0.1, -0.05) is 30.3 Å². The molecule has 0 saturated heterocycles. The number of rotatable bonds is 2. The molecule has 1 amide bonds. The number of carboxylic acid groups (broad SMARTS) is 1. The summed E-state index contributed by atoms with van der Waals surface area (Å²) in [5.74, 6) is -2.38. The van der Waals surface area contributed by atoms with Crippen LogP contribution in [-0.2, 0) is 9.59 Å². The van der Waals surface area contributed by atoms with Gasteiger partial charge in [-0.05, 0) is 5.56 Å². The predicted molar refractivity (Wildman–Crippen MR) is 52.4 cm³/mol. The van der Waals surface area contributed by atoms with Gasteiger partial charge in [0, 0.05) is 0 Å². The Hall–Kier alpha value is -2.17. The highest BCUT2D eigenvalue weighted by molar-refractivity contribution is 6.43. The average Bonchev–Trinajstić information content (AvgIpc) is 2.61. The Kier molecular flexibility index (Phi) is 2.21. The van der Waals surface area contributed by atoms with Crippen LogP contribution in [0.1, 0.15) is 11.5 Å². The van der Waals surface area contributed by atoms with E-state index in [4.69, 9.17) is 5.11 Å². The van der Waals surface area contributed by atoms with Gasteiger partial charge in [0.1, 0.15) is 5.92 Å². The van der Waals surface area contributed by atoms with E-state index in [0.717, 1.165) is 0 Å². The second-order valence-corrected chi connectivity index (χ2v) is 3.12. The maximum absolute atomic E-state index is 11.4. The molecule has 0 fully saturated rings. The van der Waals surface area contributed by atoms with Gasteiger partial charge in [0.15, 0.2) is 5.71 Å². The Bertz CT molecular complexity index is 439. The van der Waals surface area contributed by atoms with Crippen molar-refractivity contribution in [3.05, 3.63) is 35.9 Å². The zero-order valence-corrected chi connectivity index (χ0v) is 7.68. The topological polar surface area (TPSA) is 78.8 Å². The van der Waals surface area contributed by atoms with Gasteiger partial charge >= 0.3 is 5.97 Å². The fourth-order valence-corrected chi connectivity index (χ4v) is 1.49. The summed E-state index contributed by atoms with van der Waals surface area (Å²) >= 11 is 0. The molecule has 1 aromatic rings. The maximum Gasteiger partial charge on any atom is 0.353 e. The van der Waals surface area contributed by atoms with Crippen LogP contribution in [0.5, 0.6) is 0 Å². The molecular weight excluding hydrogens is 196 g/mol. The number of nitrogens with zero attached hydrogens (tertiary/aromatic N) is 1. The van der Waals surface area contributed by atoms with Crippen LogP contribution in [0.15, 0.2) is 35.4 Å². The van der Waals surface area contributed by atoms with Crippen LogP contribution in [0.4, 0.5) is 0 Å². The van der Waals surface area contributed by atoms with Gasteiger partial charge in [0.05, 0.1) is 0 Å². The molecule has 76 valence electrons. The second kappa shape index (κ2) is 3.53. The number of nitrogens with one attached hydrogen (secondary N) is 1. The molecule has 1 aromatic carbocycles.